The van der Waals surface area contributed by atoms with Crippen molar-refractivity contribution in [2.24, 2.45) is 5.73 Å². The third kappa shape index (κ3) is 3.92. The Morgan fingerprint density at radius 1 is 1.09 bits per heavy atom. The maximum atomic E-state index is 13.5. The first-order chi connectivity index (χ1) is 11.0. The largest absolute Gasteiger partial charge is 0.493 e. The third-order valence-electron chi connectivity index (χ3n) is 3.69. The lowest BCUT2D eigenvalue weighted by Gasteiger charge is -2.19. The van der Waals surface area contributed by atoms with Crippen molar-refractivity contribution in [3.05, 3.63) is 58.1 Å². The average Bonchev–Trinajstić information content (AvgIpc) is 2.54. The first kappa shape index (κ1) is 17.5. The van der Waals surface area contributed by atoms with Gasteiger partial charge in [0, 0.05) is 22.6 Å². The fourth-order valence-corrected chi connectivity index (χ4v) is 2.76. The Kier molecular flexibility index (Phi) is 5.80. The molecule has 0 radical (unpaired) electrons. The van der Waals surface area contributed by atoms with Crippen LogP contribution in [0.25, 0.3) is 0 Å². The van der Waals surface area contributed by atoms with E-state index in [0.29, 0.717) is 28.5 Å². The highest BCUT2D eigenvalue weighted by molar-refractivity contribution is 6.30. The highest BCUT2D eigenvalue weighted by atomic mass is 35.5. The van der Waals surface area contributed by atoms with E-state index in [1.165, 1.54) is 26.4 Å². The van der Waals surface area contributed by atoms with E-state index in [9.17, 15) is 8.78 Å². The summed E-state index contributed by atoms with van der Waals surface area (Å²) < 4.78 is 37.2. The molecule has 2 aromatic rings. The molecule has 0 fully saturated rings. The van der Waals surface area contributed by atoms with Crippen LogP contribution in [0.2, 0.25) is 5.02 Å². The van der Waals surface area contributed by atoms with Crippen LogP contribution in [0.4, 0.5) is 8.78 Å². The molecule has 0 aliphatic rings. The van der Waals surface area contributed by atoms with E-state index in [2.05, 4.69) is 0 Å². The summed E-state index contributed by atoms with van der Waals surface area (Å²) in [6, 6.07) is 7.21. The molecule has 0 aromatic heterocycles. The molecule has 2 aromatic carbocycles. The van der Waals surface area contributed by atoms with E-state index in [1.54, 1.807) is 12.1 Å². The second-order valence-corrected chi connectivity index (χ2v) is 5.55. The van der Waals surface area contributed by atoms with Crippen molar-refractivity contribution in [1.82, 2.24) is 0 Å². The standard InChI is InChI=1S/C17H18ClF2NO2/c1-22-16-8-13(18)6-11(17(16)23-2)5-12(9-21)10-3-4-14(19)15(20)7-10/h3-4,6-8,12H,5,9,21H2,1-2H3. The molecule has 124 valence electrons. The summed E-state index contributed by atoms with van der Waals surface area (Å²) in [5.74, 6) is -0.917. The maximum absolute atomic E-state index is 13.5. The Morgan fingerprint density at radius 2 is 1.83 bits per heavy atom. The summed E-state index contributed by atoms with van der Waals surface area (Å²) >= 11 is 6.10. The SMILES string of the molecule is COc1cc(Cl)cc(CC(CN)c2ccc(F)c(F)c2)c1OC. The zero-order valence-corrected chi connectivity index (χ0v) is 13.7. The van der Waals surface area contributed by atoms with Gasteiger partial charge < -0.3 is 15.2 Å². The van der Waals surface area contributed by atoms with Gasteiger partial charge in [-0.15, -0.1) is 0 Å². The van der Waals surface area contributed by atoms with Crippen LogP contribution >= 0.6 is 11.6 Å². The summed E-state index contributed by atoms with van der Waals surface area (Å²) in [7, 11) is 3.05. The van der Waals surface area contributed by atoms with E-state index in [-0.39, 0.29) is 12.5 Å². The Morgan fingerprint density at radius 3 is 2.39 bits per heavy atom. The third-order valence-corrected chi connectivity index (χ3v) is 3.90. The van der Waals surface area contributed by atoms with Gasteiger partial charge in [-0.2, -0.15) is 0 Å². The Balaban J connectivity index is 2.38. The van der Waals surface area contributed by atoms with Gasteiger partial charge in [-0.1, -0.05) is 17.7 Å². The number of hydrogen-bond donors (Lipinski definition) is 1. The monoisotopic (exact) mass is 341 g/mol. The topological polar surface area (TPSA) is 44.5 Å². The number of rotatable bonds is 6. The molecule has 0 amide bonds. The molecule has 2 N–H and O–H groups in total. The highest BCUT2D eigenvalue weighted by Crippen LogP contribution is 2.37. The summed E-state index contributed by atoms with van der Waals surface area (Å²) in [6.45, 7) is 0.267. The normalized spacial score (nSPS) is 12.1. The molecule has 0 saturated heterocycles. The molecule has 0 spiro atoms. The lowest BCUT2D eigenvalue weighted by molar-refractivity contribution is 0.351. The van der Waals surface area contributed by atoms with Gasteiger partial charge in [0.2, 0.25) is 0 Å². The number of hydrogen-bond acceptors (Lipinski definition) is 3. The number of ether oxygens (including phenoxy) is 2. The van der Waals surface area contributed by atoms with Crippen LogP contribution in [-0.2, 0) is 6.42 Å². The quantitative estimate of drug-likeness (QED) is 0.866. The van der Waals surface area contributed by atoms with Crippen molar-refractivity contribution in [2.75, 3.05) is 20.8 Å². The zero-order chi connectivity index (χ0) is 17.0. The smallest absolute Gasteiger partial charge is 0.164 e. The van der Waals surface area contributed by atoms with Crippen LogP contribution < -0.4 is 15.2 Å². The van der Waals surface area contributed by atoms with Gasteiger partial charge >= 0.3 is 0 Å². The minimum absolute atomic E-state index is 0.206. The van der Waals surface area contributed by atoms with Crippen molar-refractivity contribution < 1.29 is 18.3 Å². The van der Waals surface area contributed by atoms with E-state index in [4.69, 9.17) is 26.8 Å². The molecule has 6 heteroatoms. The van der Waals surface area contributed by atoms with Crippen LogP contribution in [-0.4, -0.2) is 20.8 Å². The fraction of sp³-hybridized carbons (Fsp3) is 0.294. The molecular formula is C17H18ClF2NO2. The predicted molar refractivity (Wildman–Crippen MR) is 86.4 cm³/mol. The average molecular weight is 342 g/mol. The molecule has 2 rings (SSSR count). The van der Waals surface area contributed by atoms with Gasteiger partial charge in [0.15, 0.2) is 23.1 Å². The Bertz CT molecular complexity index is 695. The molecule has 0 saturated carbocycles. The van der Waals surface area contributed by atoms with E-state index in [1.807, 2.05) is 0 Å². The van der Waals surface area contributed by atoms with Crippen LogP contribution in [0.15, 0.2) is 30.3 Å². The van der Waals surface area contributed by atoms with E-state index >= 15 is 0 Å². The summed E-state index contributed by atoms with van der Waals surface area (Å²) in [5, 5.41) is 0.499. The van der Waals surface area contributed by atoms with Crippen LogP contribution in [0.5, 0.6) is 11.5 Å². The molecule has 0 heterocycles. The van der Waals surface area contributed by atoms with Crippen molar-refractivity contribution in [1.29, 1.82) is 0 Å². The van der Waals surface area contributed by atoms with E-state index < -0.39 is 11.6 Å². The van der Waals surface area contributed by atoms with Gasteiger partial charge in [0.05, 0.1) is 14.2 Å². The Labute approximate surface area is 139 Å². The van der Waals surface area contributed by atoms with Crippen LogP contribution in [0.1, 0.15) is 17.0 Å². The molecule has 3 nitrogen and oxygen atoms in total. The lowest BCUT2D eigenvalue weighted by atomic mass is 9.91. The van der Waals surface area contributed by atoms with Crippen molar-refractivity contribution in [3.8, 4) is 11.5 Å². The second-order valence-electron chi connectivity index (χ2n) is 5.11. The summed E-state index contributed by atoms with van der Waals surface area (Å²) in [5.41, 5.74) is 7.23. The van der Waals surface area contributed by atoms with Gasteiger partial charge in [0.25, 0.3) is 0 Å². The minimum atomic E-state index is -0.892. The first-order valence-corrected chi connectivity index (χ1v) is 7.43. The summed E-state index contributed by atoms with van der Waals surface area (Å²) in [4.78, 5) is 0. The number of methoxy groups -OCH3 is 2. The van der Waals surface area contributed by atoms with Crippen molar-refractivity contribution in [3.63, 3.8) is 0 Å². The number of halogens is 3. The number of benzene rings is 2. The maximum Gasteiger partial charge on any atom is 0.164 e. The van der Waals surface area contributed by atoms with Crippen molar-refractivity contribution >= 4 is 11.6 Å². The predicted octanol–water partition coefficient (Wildman–Crippen LogP) is 3.92. The molecule has 1 atom stereocenters. The van der Waals surface area contributed by atoms with Gasteiger partial charge in [-0.25, -0.2) is 8.78 Å². The first-order valence-electron chi connectivity index (χ1n) is 7.05. The summed E-state index contributed by atoms with van der Waals surface area (Å²) in [6.07, 6.45) is 0.460. The molecule has 0 aliphatic carbocycles. The minimum Gasteiger partial charge on any atom is -0.493 e. The molecule has 1 unspecified atom stereocenters. The Hall–Kier alpha value is -1.85. The van der Waals surface area contributed by atoms with Gasteiger partial charge in [0.1, 0.15) is 0 Å². The zero-order valence-electron chi connectivity index (χ0n) is 12.9. The molecular weight excluding hydrogens is 324 g/mol. The molecule has 23 heavy (non-hydrogen) atoms. The van der Waals surface area contributed by atoms with Crippen LogP contribution in [0.3, 0.4) is 0 Å². The fourth-order valence-electron chi connectivity index (χ4n) is 2.53. The second kappa shape index (κ2) is 7.62. The lowest BCUT2D eigenvalue weighted by Crippen LogP contribution is -2.16. The van der Waals surface area contributed by atoms with Crippen molar-refractivity contribution in [2.45, 2.75) is 12.3 Å². The van der Waals surface area contributed by atoms with E-state index in [0.717, 1.165) is 11.6 Å². The number of nitrogens with two attached hydrogens (primary N) is 1. The molecule has 0 bridgehead atoms. The van der Waals surface area contributed by atoms with Crippen LogP contribution in [0, 0.1) is 11.6 Å². The molecule has 0 aliphatic heterocycles. The van der Waals surface area contributed by atoms with Gasteiger partial charge in [-0.3, -0.25) is 0 Å². The van der Waals surface area contributed by atoms with Gasteiger partial charge in [-0.05, 0) is 36.7 Å². The highest BCUT2D eigenvalue weighted by Gasteiger charge is 2.18.